The molecule has 0 saturated carbocycles. The van der Waals surface area contributed by atoms with Crippen LogP contribution in [0.1, 0.15) is 33.1 Å². The van der Waals surface area contributed by atoms with Crippen molar-refractivity contribution >= 4 is 18.3 Å². The van der Waals surface area contributed by atoms with Crippen molar-refractivity contribution in [1.29, 1.82) is 0 Å². The number of amides is 1. The highest BCUT2D eigenvalue weighted by molar-refractivity contribution is 5.85. The van der Waals surface area contributed by atoms with Gasteiger partial charge in [-0.1, -0.05) is 0 Å². The Bertz CT molecular complexity index is 265. The highest BCUT2D eigenvalue weighted by Crippen LogP contribution is 2.29. The maximum Gasteiger partial charge on any atom is 0.225 e. The van der Waals surface area contributed by atoms with Gasteiger partial charge in [-0.3, -0.25) is 4.79 Å². The van der Waals surface area contributed by atoms with Gasteiger partial charge in [0.1, 0.15) is 0 Å². The van der Waals surface area contributed by atoms with Gasteiger partial charge in [-0.2, -0.15) is 0 Å². The van der Waals surface area contributed by atoms with E-state index in [2.05, 4.69) is 19.2 Å². The summed E-state index contributed by atoms with van der Waals surface area (Å²) in [6, 6.07) is 0. The number of morpholine rings is 1. The van der Waals surface area contributed by atoms with Gasteiger partial charge < -0.3 is 15.0 Å². The lowest BCUT2D eigenvalue weighted by molar-refractivity contribution is -0.137. The first-order valence-corrected chi connectivity index (χ1v) is 6.22. The van der Waals surface area contributed by atoms with Crippen molar-refractivity contribution in [2.75, 3.05) is 26.2 Å². The number of ether oxygens (including phenoxy) is 1. The monoisotopic (exact) mass is 262 g/mol. The van der Waals surface area contributed by atoms with Crippen molar-refractivity contribution in [3.8, 4) is 0 Å². The minimum Gasteiger partial charge on any atom is -0.375 e. The molecule has 0 spiro atoms. The summed E-state index contributed by atoms with van der Waals surface area (Å²) in [5.74, 6) is 0.246. The van der Waals surface area contributed by atoms with Crippen molar-refractivity contribution in [2.45, 2.75) is 44.8 Å². The molecular formula is C12H23ClN2O2. The zero-order valence-corrected chi connectivity index (χ0v) is 11.5. The Morgan fingerprint density at radius 2 is 2.29 bits per heavy atom. The third kappa shape index (κ3) is 3.57. The fourth-order valence-electron chi connectivity index (χ4n) is 2.63. The van der Waals surface area contributed by atoms with E-state index in [1.807, 2.05) is 4.90 Å². The van der Waals surface area contributed by atoms with Gasteiger partial charge in [-0.05, 0) is 26.7 Å². The number of nitrogens with one attached hydrogen (secondary N) is 1. The van der Waals surface area contributed by atoms with E-state index >= 15 is 0 Å². The van der Waals surface area contributed by atoms with Gasteiger partial charge in [-0.25, -0.2) is 0 Å². The van der Waals surface area contributed by atoms with Crippen LogP contribution >= 0.6 is 12.4 Å². The molecule has 2 aliphatic heterocycles. The molecular weight excluding hydrogens is 240 g/mol. The molecule has 2 heterocycles. The predicted octanol–water partition coefficient (Wildman–Crippen LogP) is 1.19. The van der Waals surface area contributed by atoms with Gasteiger partial charge >= 0.3 is 0 Å². The average molecular weight is 263 g/mol. The number of halogens is 1. The lowest BCUT2D eigenvalue weighted by Crippen LogP contribution is -2.46. The van der Waals surface area contributed by atoms with Crippen LogP contribution in [-0.2, 0) is 9.53 Å². The second-order valence-electron chi connectivity index (χ2n) is 5.36. The van der Waals surface area contributed by atoms with Gasteiger partial charge in [0.05, 0.1) is 19.1 Å². The second-order valence-corrected chi connectivity index (χ2v) is 5.36. The summed E-state index contributed by atoms with van der Waals surface area (Å²) in [6.07, 6.45) is 2.83. The predicted molar refractivity (Wildman–Crippen MR) is 69.5 cm³/mol. The molecule has 1 atom stereocenters. The van der Waals surface area contributed by atoms with Crippen LogP contribution in [0, 0.1) is 0 Å². The van der Waals surface area contributed by atoms with Gasteiger partial charge in [0.15, 0.2) is 0 Å². The normalized spacial score (nSPS) is 27.6. The van der Waals surface area contributed by atoms with Crippen LogP contribution in [0.4, 0.5) is 0 Å². The molecule has 0 aromatic rings. The topological polar surface area (TPSA) is 41.6 Å². The van der Waals surface area contributed by atoms with E-state index in [1.54, 1.807) is 0 Å². The Morgan fingerprint density at radius 3 is 2.82 bits per heavy atom. The summed E-state index contributed by atoms with van der Waals surface area (Å²) in [4.78, 5) is 14.2. The second kappa shape index (κ2) is 6.03. The van der Waals surface area contributed by atoms with E-state index in [4.69, 9.17) is 4.74 Å². The first-order chi connectivity index (χ1) is 7.59. The number of carbonyl (C=O) groups excluding carboxylic acids is 1. The van der Waals surface area contributed by atoms with E-state index in [0.717, 1.165) is 39.1 Å². The van der Waals surface area contributed by atoms with Crippen LogP contribution in [0.3, 0.4) is 0 Å². The summed E-state index contributed by atoms with van der Waals surface area (Å²) in [5.41, 5.74) is 0.0409. The summed E-state index contributed by atoms with van der Waals surface area (Å²) >= 11 is 0. The zero-order valence-electron chi connectivity index (χ0n) is 10.7. The molecule has 4 nitrogen and oxygen atoms in total. The smallest absolute Gasteiger partial charge is 0.225 e. The summed E-state index contributed by atoms with van der Waals surface area (Å²) in [5, 5.41) is 3.26. The standard InChI is InChI=1S/C12H22N2O2.ClH/c1-12(2)4-3-6-14(12)11(15)8-10-9-13-5-7-16-10;/h10,13H,3-9H2,1-2H3;1H. The first kappa shape index (κ1) is 14.7. The molecule has 2 fully saturated rings. The average Bonchev–Trinajstić information content (AvgIpc) is 2.59. The van der Waals surface area contributed by atoms with E-state index in [0.29, 0.717) is 6.42 Å². The number of carbonyl (C=O) groups is 1. The number of rotatable bonds is 2. The molecule has 0 aromatic carbocycles. The fraction of sp³-hybridized carbons (Fsp3) is 0.917. The Morgan fingerprint density at radius 1 is 1.53 bits per heavy atom. The molecule has 0 radical (unpaired) electrons. The maximum atomic E-state index is 12.1. The van der Waals surface area contributed by atoms with E-state index < -0.39 is 0 Å². The molecule has 2 rings (SSSR count). The molecule has 100 valence electrons. The quantitative estimate of drug-likeness (QED) is 0.813. The molecule has 0 aliphatic carbocycles. The highest BCUT2D eigenvalue weighted by Gasteiger charge is 2.36. The van der Waals surface area contributed by atoms with Crippen molar-refractivity contribution in [2.24, 2.45) is 0 Å². The Balaban J connectivity index is 0.00000144. The molecule has 0 aromatic heterocycles. The Kier molecular flexibility index (Phi) is 5.22. The van der Waals surface area contributed by atoms with Crippen LogP contribution < -0.4 is 5.32 Å². The fourth-order valence-corrected chi connectivity index (χ4v) is 2.63. The zero-order chi connectivity index (χ0) is 11.6. The number of likely N-dealkylation sites (tertiary alicyclic amines) is 1. The van der Waals surface area contributed by atoms with E-state index in [1.165, 1.54) is 0 Å². The summed E-state index contributed by atoms with van der Waals surface area (Å²) in [6.45, 7) is 7.64. The lowest BCUT2D eigenvalue weighted by Gasteiger charge is -2.33. The van der Waals surface area contributed by atoms with Gasteiger partial charge in [0.25, 0.3) is 0 Å². The van der Waals surface area contributed by atoms with Crippen LogP contribution in [0.5, 0.6) is 0 Å². The van der Waals surface area contributed by atoms with Crippen molar-refractivity contribution in [3.05, 3.63) is 0 Å². The minimum atomic E-state index is 0. The molecule has 2 aliphatic rings. The third-order valence-electron chi connectivity index (χ3n) is 3.61. The minimum absolute atomic E-state index is 0. The van der Waals surface area contributed by atoms with Crippen LogP contribution in [0.25, 0.3) is 0 Å². The van der Waals surface area contributed by atoms with Crippen LogP contribution in [-0.4, -0.2) is 48.7 Å². The third-order valence-corrected chi connectivity index (χ3v) is 3.61. The Hall–Kier alpha value is -0.320. The van der Waals surface area contributed by atoms with Gasteiger partial charge in [-0.15, -0.1) is 12.4 Å². The number of hydrogen-bond donors (Lipinski definition) is 1. The maximum absolute atomic E-state index is 12.1. The largest absolute Gasteiger partial charge is 0.375 e. The number of hydrogen-bond acceptors (Lipinski definition) is 3. The lowest BCUT2D eigenvalue weighted by atomic mass is 10.0. The molecule has 5 heteroatoms. The van der Waals surface area contributed by atoms with Crippen LogP contribution in [0.2, 0.25) is 0 Å². The van der Waals surface area contributed by atoms with Gasteiger partial charge in [0, 0.05) is 25.2 Å². The van der Waals surface area contributed by atoms with E-state index in [9.17, 15) is 4.79 Å². The van der Waals surface area contributed by atoms with Crippen LogP contribution in [0.15, 0.2) is 0 Å². The van der Waals surface area contributed by atoms with E-state index in [-0.39, 0.29) is 30.0 Å². The summed E-state index contributed by atoms with van der Waals surface area (Å²) < 4.78 is 5.57. The van der Waals surface area contributed by atoms with Crippen molar-refractivity contribution in [3.63, 3.8) is 0 Å². The van der Waals surface area contributed by atoms with Crippen molar-refractivity contribution in [1.82, 2.24) is 10.2 Å². The van der Waals surface area contributed by atoms with Gasteiger partial charge in [0.2, 0.25) is 5.91 Å². The Labute approximate surface area is 109 Å². The molecule has 17 heavy (non-hydrogen) atoms. The molecule has 1 N–H and O–H groups in total. The number of nitrogens with zero attached hydrogens (tertiary/aromatic N) is 1. The molecule has 1 unspecified atom stereocenters. The molecule has 0 bridgehead atoms. The SMILES string of the molecule is CC1(C)CCCN1C(=O)CC1CNCCO1.Cl. The molecule has 1 amide bonds. The highest BCUT2D eigenvalue weighted by atomic mass is 35.5. The van der Waals surface area contributed by atoms with Crippen molar-refractivity contribution < 1.29 is 9.53 Å². The first-order valence-electron chi connectivity index (χ1n) is 6.22. The molecule has 2 saturated heterocycles. The summed E-state index contributed by atoms with van der Waals surface area (Å²) in [7, 11) is 0.